The van der Waals surface area contributed by atoms with Crippen molar-refractivity contribution in [3.05, 3.63) is 77.9 Å². The van der Waals surface area contributed by atoms with Crippen LogP contribution in [0.1, 0.15) is 64.6 Å². The SMILES string of the molecule is [2H]C([2H])(C(C)C)N(c1ccc(-c2ccccc2C(=O)O)cc1NC(=O)Nc1ccc(C)cc1)C1CCCCC1. The number of urea groups is 1. The van der Waals surface area contributed by atoms with Crippen LogP contribution in [0.4, 0.5) is 21.9 Å². The summed E-state index contributed by atoms with van der Waals surface area (Å²) in [4.78, 5) is 27.0. The molecule has 0 atom stereocenters. The average molecular weight is 502 g/mol. The third-order valence-electron chi connectivity index (χ3n) is 6.62. The van der Waals surface area contributed by atoms with E-state index in [9.17, 15) is 14.7 Å². The lowest BCUT2D eigenvalue weighted by Crippen LogP contribution is -2.40. The molecule has 1 aliphatic rings. The molecule has 1 aliphatic carbocycles. The van der Waals surface area contributed by atoms with Gasteiger partial charge in [0.2, 0.25) is 0 Å². The molecule has 0 heterocycles. The van der Waals surface area contributed by atoms with Crippen LogP contribution in [0, 0.1) is 12.8 Å². The highest BCUT2D eigenvalue weighted by Crippen LogP contribution is 2.37. The Balaban J connectivity index is 1.81. The van der Waals surface area contributed by atoms with Crippen molar-refractivity contribution in [2.75, 3.05) is 22.0 Å². The van der Waals surface area contributed by atoms with Crippen LogP contribution in [-0.2, 0) is 0 Å². The highest BCUT2D eigenvalue weighted by Gasteiger charge is 2.25. The summed E-state index contributed by atoms with van der Waals surface area (Å²) in [7, 11) is 0. The van der Waals surface area contributed by atoms with E-state index >= 15 is 0 Å². The molecule has 1 saturated carbocycles. The fourth-order valence-electron chi connectivity index (χ4n) is 4.85. The fraction of sp³-hybridized carbons (Fsp3) is 0.355. The highest BCUT2D eigenvalue weighted by atomic mass is 16.4. The number of nitrogens with one attached hydrogen (secondary N) is 2. The first-order valence-corrected chi connectivity index (χ1v) is 13.0. The lowest BCUT2D eigenvalue weighted by molar-refractivity contribution is 0.0697. The zero-order valence-electron chi connectivity index (χ0n) is 23.8. The molecule has 4 rings (SSSR count). The van der Waals surface area contributed by atoms with Gasteiger partial charge in [-0.05, 0) is 67.1 Å². The monoisotopic (exact) mass is 501 g/mol. The van der Waals surface area contributed by atoms with Crippen molar-refractivity contribution in [1.29, 1.82) is 0 Å². The van der Waals surface area contributed by atoms with Crippen molar-refractivity contribution in [1.82, 2.24) is 0 Å². The van der Waals surface area contributed by atoms with Crippen molar-refractivity contribution in [3.63, 3.8) is 0 Å². The van der Waals surface area contributed by atoms with Crippen molar-refractivity contribution in [2.45, 2.75) is 58.9 Å². The molecule has 0 radical (unpaired) electrons. The van der Waals surface area contributed by atoms with Gasteiger partial charge in [-0.2, -0.15) is 0 Å². The summed E-state index contributed by atoms with van der Waals surface area (Å²) in [5, 5.41) is 15.6. The van der Waals surface area contributed by atoms with Gasteiger partial charge in [-0.1, -0.05) is 75.1 Å². The smallest absolute Gasteiger partial charge is 0.336 e. The standard InChI is InChI=1S/C31H37N3O3/c1-21(2)20-34(25-9-5-4-6-10-25)29-18-15-23(26-11-7-8-12-27(26)30(35)36)19-28(29)33-31(37)32-24-16-13-22(3)14-17-24/h7-8,11-19,21,25H,4-6,9-10,20H2,1-3H3,(H,35,36)(H2,32,33,37)/i20D2. The first-order chi connectivity index (χ1) is 18.6. The molecular formula is C31H37N3O3. The minimum absolute atomic E-state index is 0.0194. The number of carboxylic acid groups (broad SMARTS) is 1. The first-order valence-electron chi connectivity index (χ1n) is 14.0. The summed E-state index contributed by atoms with van der Waals surface area (Å²) in [6.45, 7) is 4.03. The van der Waals surface area contributed by atoms with E-state index in [2.05, 4.69) is 10.6 Å². The van der Waals surface area contributed by atoms with Crippen molar-refractivity contribution in [2.24, 2.45) is 5.92 Å². The predicted octanol–water partition coefficient (Wildman–Crippen LogP) is 7.80. The molecule has 0 saturated heterocycles. The van der Waals surface area contributed by atoms with Gasteiger partial charge in [0.1, 0.15) is 0 Å². The molecule has 1 fully saturated rings. The molecule has 37 heavy (non-hydrogen) atoms. The fourth-order valence-corrected chi connectivity index (χ4v) is 4.85. The molecule has 3 aromatic rings. The van der Waals surface area contributed by atoms with Crippen LogP contribution >= 0.6 is 0 Å². The van der Waals surface area contributed by atoms with E-state index in [1.807, 2.05) is 62.1 Å². The van der Waals surface area contributed by atoms with Gasteiger partial charge in [-0.25, -0.2) is 9.59 Å². The van der Waals surface area contributed by atoms with Crippen LogP contribution < -0.4 is 15.5 Å². The normalized spacial score (nSPS) is 15.0. The molecule has 6 heteroatoms. The first kappa shape index (κ1) is 23.6. The van der Waals surface area contributed by atoms with Crippen LogP contribution in [0.5, 0.6) is 0 Å². The molecule has 194 valence electrons. The number of benzene rings is 3. The molecule has 0 bridgehead atoms. The number of rotatable bonds is 8. The summed E-state index contributed by atoms with van der Waals surface area (Å²) < 4.78 is 18.2. The van der Waals surface area contributed by atoms with Gasteiger partial charge in [0, 0.05) is 21.0 Å². The Bertz CT molecular complexity index is 1320. The number of anilines is 3. The number of aryl methyl sites for hydroxylation is 1. The van der Waals surface area contributed by atoms with Gasteiger partial charge in [-0.3, -0.25) is 0 Å². The summed E-state index contributed by atoms with van der Waals surface area (Å²) in [5.41, 5.74) is 4.01. The summed E-state index contributed by atoms with van der Waals surface area (Å²) in [6, 6.07) is 19.1. The van der Waals surface area contributed by atoms with Gasteiger partial charge >= 0.3 is 12.0 Å². The van der Waals surface area contributed by atoms with Gasteiger partial charge in [0.25, 0.3) is 0 Å². The van der Waals surface area contributed by atoms with E-state index in [0.717, 1.165) is 37.7 Å². The Labute approximate surface area is 222 Å². The number of hydrogen-bond acceptors (Lipinski definition) is 3. The Hall–Kier alpha value is -3.80. The molecular weight excluding hydrogens is 462 g/mol. The molecule has 0 spiro atoms. The lowest BCUT2D eigenvalue weighted by atomic mass is 9.92. The maximum atomic E-state index is 13.2. The van der Waals surface area contributed by atoms with Crippen LogP contribution in [0.3, 0.4) is 0 Å². The zero-order chi connectivity index (χ0) is 28.2. The van der Waals surface area contributed by atoms with Gasteiger partial charge < -0.3 is 20.6 Å². The maximum Gasteiger partial charge on any atom is 0.336 e. The Morgan fingerprint density at radius 1 is 1.00 bits per heavy atom. The van der Waals surface area contributed by atoms with E-state index in [0.29, 0.717) is 28.2 Å². The van der Waals surface area contributed by atoms with Crippen LogP contribution in [0.15, 0.2) is 66.7 Å². The third-order valence-corrected chi connectivity index (χ3v) is 6.62. The van der Waals surface area contributed by atoms with Crippen LogP contribution in [0.2, 0.25) is 0 Å². The summed E-state index contributed by atoms with van der Waals surface area (Å²) >= 11 is 0. The number of carbonyl (C=O) groups excluding carboxylic acids is 1. The molecule has 2 amide bonds. The minimum atomic E-state index is -1.67. The van der Waals surface area contributed by atoms with Crippen molar-refractivity contribution in [3.8, 4) is 11.1 Å². The predicted molar refractivity (Wildman–Crippen MR) is 152 cm³/mol. The number of nitrogens with zero attached hydrogens (tertiary/aromatic N) is 1. The number of carboxylic acids is 1. The van der Waals surface area contributed by atoms with Crippen molar-refractivity contribution < 1.29 is 17.4 Å². The van der Waals surface area contributed by atoms with Gasteiger partial charge in [-0.15, -0.1) is 0 Å². The molecule has 6 nitrogen and oxygen atoms in total. The second-order valence-electron chi connectivity index (χ2n) is 9.97. The third kappa shape index (κ3) is 6.70. The van der Waals surface area contributed by atoms with E-state index in [1.165, 1.54) is 0 Å². The topological polar surface area (TPSA) is 81.7 Å². The van der Waals surface area contributed by atoms with Crippen LogP contribution in [0.25, 0.3) is 11.1 Å². The summed E-state index contributed by atoms with van der Waals surface area (Å²) in [6.07, 6.45) is 4.91. The van der Waals surface area contributed by atoms with Gasteiger partial charge in [0.15, 0.2) is 0 Å². The average Bonchev–Trinajstić information content (AvgIpc) is 2.91. The molecule has 3 N–H and O–H groups in total. The molecule has 0 aliphatic heterocycles. The van der Waals surface area contributed by atoms with E-state index in [-0.39, 0.29) is 17.5 Å². The second-order valence-corrected chi connectivity index (χ2v) is 9.97. The lowest BCUT2D eigenvalue weighted by Gasteiger charge is -2.38. The molecule has 3 aromatic carbocycles. The number of carbonyl (C=O) groups is 2. The van der Waals surface area contributed by atoms with E-state index in [4.69, 9.17) is 2.74 Å². The van der Waals surface area contributed by atoms with Crippen LogP contribution in [-0.4, -0.2) is 29.6 Å². The highest BCUT2D eigenvalue weighted by molar-refractivity contribution is 6.03. The molecule has 0 aromatic heterocycles. The Morgan fingerprint density at radius 3 is 2.38 bits per heavy atom. The molecule has 0 unspecified atom stereocenters. The van der Waals surface area contributed by atoms with Gasteiger partial charge in [0.05, 0.1) is 16.9 Å². The number of aromatic carboxylic acids is 1. The number of hydrogen-bond donors (Lipinski definition) is 3. The number of amides is 2. The minimum Gasteiger partial charge on any atom is -0.478 e. The Kier molecular flexibility index (Phi) is 7.62. The van der Waals surface area contributed by atoms with E-state index in [1.54, 1.807) is 30.3 Å². The Morgan fingerprint density at radius 2 is 1.70 bits per heavy atom. The van der Waals surface area contributed by atoms with E-state index < -0.39 is 18.5 Å². The van der Waals surface area contributed by atoms with Crippen molar-refractivity contribution >= 4 is 29.1 Å². The zero-order valence-corrected chi connectivity index (χ0v) is 21.8. The summed E-state index contributed by atoms with van der Waals surface area (Å²) in [5.74, 6) is -1.35. The second kappa shape index (κ2) is 12.0. The maximum absolute atomic E-state index is 13.2. The largest absolute Gasteiger partial charge is 0.478 e. The quantitative estimate of drug-likeness (QED) is 0.294.